The van der Waals surface area contributed by atoms with E-state index in [2.05, 4.69) is 0 Å². The summed E-state index contributed by atoms with van der Waals surface area (Å²) in [7, 11) is -3.86. The zero-order valence-corrected chi connectivity index (χ0v) is 7.17. The molecule has 0 aromatic heterocycles. The second-order valence-corrected chi connectivity index (χ2v) is 3.50. The highest BCUT2D eigenvalue weighted by atomic mass is 32.2. The van der Waals surface area contributed by atoms with Crippen molar-refractivity contribution in [2.24, 2.45) is 0 Å². The van der Waals surface area contributed by atoms with Crippen molar-refractivity contribution in [2.45, 2.75) is 6.92 Å². The Morgan fingerprint density at radius 2 is 2.18 bits per heavy atom. The van der Waals surface area contributed by atoms with Crippen LogP contribution in [0, 0.1) is 0 Å². The van der Waals surface area contributed by atoms with Crippen LogP contribution >= 0.6 is 0 Å². The molecule has 0 heterocycles. The molecule has 0 saturated heterocycles. The first-order valence-electron chi connectivity index (χ1n) is 3.20. The Kier molecular flexibility index (Phi) is 5.10. The molecule has 0 aliphatic carbocycles. The molecule has 0 aliphatic rings. The SMILES string of the molecule is CC=CCOCCS(=O)(=O)O. The second kappa shape index (κ2) is 5.29. The lowest BCUT2D eigenvalue weighted by molar-refractivity contribution is 0.177. The Morgan fingerprint density at radius 3 is 2.64 bits per heavy atom. The van der Waals surface area contributed by atoms with Crippen LogP contribution in [0.25, 0.3) is 0 Å². The molecule has 1 N–H and O–H groups in total. The molecule has 4 nitrogen and oxygen atoms in total. The first kappa shape index (κ1) is 10.6. The van der Waals surface area contributed by atoms with Crippen LogP contribution in [-0.2, 0) is 14.9 Å². The summed E-state index contributed by atoms with van der Waals surface area (Å²) in [6, 6.07) is 0. The minimum absolute atomic E-state index is 0.0309. The minimum atomic E-state index is -3.86. The van der Waals surface area contributed by atoms with E-state index in [9.17, 15) is 8.42 Å². The first-order valence-corrected chi connectivity index (χ1v) is 4.81. The fourth-order valence-corrected chi connectivity index (χ4v) is 0.740. The highest BCUT2D eigenvalue weighted by Crippen LogP contribution is 1.83. The van der Waals surface area contributed by atoms with Gasteiger partial charge in [0.25, 0.3) is 10.1 Å². The van der Waals surface area contributed by atoms with E-state index in [1.165, 1.54) is 0 Å². The molecule has 0 spiro atoms. The summed E-state index contributed by atoms with van der Waals surface area (Å²) in [5, 5.41) is 0. The Morgan fingerprint density at radius 1 is 1.55 bits per heavy atom. The van der Waals surface area contributed by atoms with Gasteiger partial charge in [-0.3, -0.25) is 4.55 Å². The molecule has 11 heavy (non-hydrogen) atoms. The molecule has 0 aromatic carbocycles. The number of hydrogen-bond acceptors (Lipinski definition) is 3. The van der Waals surface area contributed by atoms with Crippen LogP contribution in [-0.4, -0.2) is 31.9 Å². The Hall–Kier alpha value is -0.390. The topological polar surface area (TPSA) is 63.6 Å². The molecule has 0 aromatic rings. The normalized spacial score (nSPS) is 12.5. The summed E-state index contributed by atoms with van der Waals surface area (Å²) >= 11 is 0. The van der Waals surface area contributed by atoms with Gasteiger partial charge < -0.3 is 4.74 Å². The molecule has 0 unspecified atom stereocenters. The molecule has 0 saturated carbocycles. The third kappa shape index (κ3) is 9.61. The summed E-state index contributed by atoms with van der Waals surface area (Å²) in [5.74, 6) is -0.343. The van der Waals surface area contributed by atoms with Crippen LogP contribution in [0.15, 0.2) is 12.2 Å². The van der Waals surface area contributed by atoms with Gasteiger partial charge in [0, 0.05) is 0 Å². The van der Waals surface area contributed by atoms with Gasteiger partial charge in [0.1, 0.15) is 0 Å². The highest BCUT2D eigenvalue weighted by Gasteiger charge is 2.01. The zero-order chi connectivity index (χ0) is 8.74. The Labute approximate surface area is 66.6 Å². The number of hydrogen-bond donors (Lipinski definition) is 1. The lowest BCUT2D eigenvalue weighted by atomic mass is 10.5. The summed E-state index contributed by atoms with van der Waals surface area (Å²) in [4.78, 5) is 0. The number of allylic oxidation sites excluding steroid dienone is 1. The monoisotopic (exact) mass is 180 g/mol. The largest absolute Gasteiger partial charge is 0.376 e. The first-order chi connectivity index (χ1) is 5.06. The summed E-state index contributed by atoms with van der Waals surface area (Å²) < 4.78 is 33.3. The van der Waals surface area contributed by atoms with Crippen molar-refractivity contribution in [3.63, 3.8) is 0 Å². The molecule has 0 rings (SSSR count). The number of ether oxygens (including phenoxy) is 1. The van der Waals surface area contributed by atoms with Crippen molar-refractivity contribution in [3.8, 4) is 0 Å². The van der Waals surface area contributed by atoms with E-state index < -0.39 is 10.1 Å². The van der Waals surface area contributed by atoms with Crippen LogP contribution in [0.4, 0.5) is 0 Å². The van der Waals surface area contributed by atoms with E-state index in [-0.39, 0.29) is 12.4 Å². The summed E-state index contributed by atoms with van der Waals surface area (Å²) in [6.45, 7) is 2.25. The fourth-order valence-electron chi connectivity index (χ4n) is 0.412. The van der Waals surface area contributed by atoms with Gasteiger partial charge in [-0.2, -0.15) is 8.42 Å². The number of rotatable bonds is 5. The maximum atomic E-state index is 10.1. The van der Waals surface area contributed by atoms with Crippen LogP contribution < -0.4 is 0 Å². The summed E-state index contributed by atoms with van der Waals surface area (Å²) in [5.41, 5.74) is 0. The van der Waals surface area contributed by atoms with Gasteiger partial charge in [0.05, 0.1) is 19.0 Å². The highest BCUT2D eigenvalue weighted by molar-refractivity contribution is 7.85. The molecule has 5 heteroatoms. The standard InChI is InChI=1S/C6H12O4S/c1-2-3-4-10-5-6-11(7,8)9/h2-3H,4-6H2,1H3,(H,7,8,9). The van der Waals surface area contributed by atoms with Crippen LogP contribution in [0.2, 0.25) is 0 Å². The lowest BCUT2D eigenvalue weighted by Crippen LogP contribution is -2.10. The van der Waals surface area contributed by atoms with E-state index in [0.717, 1.165) is 0 Å². The van der Waals surface area contributed by atoms with Crippen molar-refractivity contribution >= 4 is 10.1 Å². The zero-order valence-electron chi connectivity index (χ0n) is 6.36. The molecule has 0 bridgehead atoms. The van der Waals surface area contributed by atoms with Gasteiger partial charge >= 0.3 is 0 Å². The average molecular weight is 180 g/mol. The maximum Gasteiger partial charge on any atom is 0.267 e. The van der Waals surface area contributed by atoms with Crippen molar-refractivity contribution in [1.82, 2.24) is 0 Å². The van der Waals surface area contributed by atoms with Crippen molar-refractivity contribution in [2.75, 3.05) is 19.0 Å². The molecule has 0 fully saturated rings. The molecular formula is C6H12O4S. The summed E-state index contributed by atoms with van der Waals surface area (Å²) in [6.07, 6.45) is 3.55. The predicted octanol–water partition coefficient (Wildman–Crippen LogP) is 0.467. The third-order valence-electron chi connectivity index (χ3n) is 0.935. The van der Waals surface area contributed by atoms with Gasteiger partial charge in [-0.25, -0.2) is 0 Å². The van der Waals surface area contributed by atoms with E-state index >= 15 is 0 Å². The van der Waals surface area contributed by atoms with Crippen molar-refractivity contribution < 1.29 is 17.7 Å². The van der Waals surface area contributed by atoms with Gasteiger partial charge in [0.2, 0.25) is 0 Å². The smallest absolute Gasteiger partial charge is 0.267 e. The van der Waals surface area contributed by atoms with E-state index in [1.54, 1.807) is 12.2 Å². The fraction of sp³-hybridized carbons (Fsp3) is 0.667. The lowest BCUT2D eigenvalue weighted by Gasteiger charge is -1.97. The molecule has 0 amide bonds. The predicted molar refractivity (Wildman–Crippen MR) is 42.0 cm³/mol. The molecule has 66 valence electrons. The molecule has 0 atom stereocenters. The van der Waals surface area contributed by atoms with Crippen molar-refractivity contribution in [3.05, 3.63) is 12.2 Å². The molecule has 0 radical (unpaired) electrons. The van der Waals surface area contributed by atoms with Crippen LogP contribution in [0.3, 0.4) is 0 Å². The van der Waals surface area contributed by atoms with Gasteiger partial charge in [-0.15, -0.1) is 0 Å². The Balaban J connectivity index is 3.29. The van der Waals surface area contributed by atoms with Gasteiger partial charge in [-0.05, 0) is 6.92 Å². The molecular weight excluding hydrogens is 168 g/mol. The molecule has 0 aliphatic heterocycles. The second-order valence-electron chi connectivity index (χ2n) is 1.93. The average Bonchev–Trinajstić information content (AvgIpc) is 1.85. The quantitative estimate of drug-likeness (QED) is 0.379. The Bertz CT molecular complexity index is 205. The minimum Gasteiger partial charge on any atom is -0.376 e. The third-order valence-corrected chi connectivity index (χ3v) is 1.62. The van der Waals surface area contributed by atoms with Gasteiger partial charge in [0.15, 0.2) is 0 Å². The van der Waals surface area contributed by atoms with E-state index in [0.29, 0.717) is 6.61 Å². The van der Waals surface area contributed by atoms with Crippen LogP contribution in [0.1, 0.15) is 6.92 Å². The van der Waals surface area contributed by atoms with Crippen molar-refractivity contribution in [1.29, 1.82) is 0 Å². The maximum absolute atomic E-state index is 10.1. The van der Waals surface area contributed by atoms with E-state index in [1.807, 2.05) is 6.92 Å². The van der Waals surface area contributed by atoms with Crippen LogP contribution in [0.5, 0.6) is 0 Å². The van der Waals surface area contributed by atoms with Gasteiger partial charge in [-0.1, -0.05) is 12.2 Å². The van der Waals surface area contributed by atoms with E-state index in [4.69, 9.17) is 9.29 Å².